The lowest BCUT2D eigenvalue weighted by Crippen LogP contribution is -2.37. The maximum atomic E-state index is 12.1. The van der Waals surface area contributed by atoms with Crippen LogP contribution in [0.5, 0.6) is 5.75 Å². The molecular weight excluding hydrogens is 363 g/mol. The highest BCUT2D eigenvalue weighted by Crippen LogP contribution is 2.26. The highest BCUT2D eigenvalue weighted by Gasteiger charge is 2.23. The van der Waals surface area contributed by atoms with Gasteiger partial charge in [0.2, 0.25) is 0 Å². The predicted molar refractivity (Wildman–Crippen MR) is 97.5 cm³/mol. The van der Waals surface area contributed by atoms with E-state index in [0.717, 1.165) is 28.2 Å². The van der Waals surface area contributed by atoms with Gasteiger partial charge in [0.25, 0.3) is 0 Å². The molecule has 6 nitrogen and oxygen atoms in total. The van der Waals surface area contributed by atoms with Crippen LogP contribution in [0.4, 0.5) is 4.79 Å². The second-order valence-electron chi connectivity index (χ2n) is 5.48. The van der Waals surface area contributed by atoms with Crippen LogP contribution < -0.4 is 10.1 Å². The first-order valence-corrected chi connectivity index (χ1v) is 8.31. The van der Waals surface area contributed by atoms with Crippen molar-refractivity contribution in [2.24, 2.45) is 5.10 Å². The van der Waals surface area contributed by atoms with E-state index in [2.05, 4.69) is 15.4 Å². The molecule has 130 valence electrons. The van der Waals surface area contributed by atoms with Crippen LogP contribution in [-0.2, 0) is 13.0 Å². The molecule has 0 fully saturated rings. The number of benzene rings is 1. The van der Waals surface area contributed by atoms with Gasteiger partial charge in [0, 0.05) is 19.0 Å². The molecule has 2 aromatic rings. The Bertz CT molecular complexity index is 834. The van der Waals surface area contributed by atoms with Crippen molar-refractivity contribution in [2.45, 2.75) is 13.0 Å². The number of aromatic nitrogens is 1. The topological polar surface area (TPSA) is 66.8 Å². The van der Waals surface area contributed by atoms with Gasteiger partial charge in [0.1, 0.15) is 16.1 Å². The van der Waals surface area contributed by atoms with E-state index in [9.17, 15) is 4.79 Å². The van der Waals surface area contributed by atoms with E-state index >= 15 is 0 Å². The molecule has 1 aromatic heterocycles. The fraction of sp³-hybridized carbons (Fsp3) is 0.235. The van der Waals surface area contributed by atoms with E-state index in [4.69, 9.17) is 27.9 Å². The number of pyridine rings is 1. The number of ether oxygens (including phenoxy) is 1. The number of halogens is 2. The third-order valence-electron chi connectivity index (χ3n) is 3.83. The summed E-state index contributed by atoms with van der Waals surface area (Å²) in [7, 11) is 3.18. The van der Waals surface area contributed by atoms with Crippen molar-refractivity contribution < 1.29 is 9.53 Å². The van der Waals surface area contributed by atoms with E-state index in [0.29, 0.717) is 23.3 Å². The summed E-state index contributed by atoms with van der Waals surface area (Å²) in [5, 5.41) is 9.11. The maximum absolute atomic E-state index is 12.1. The smallest absolute Gasteiger partial charge is 0.337 e. The van der Waals surface area contributed by atoms with E-state index in [1.165, 1.54) is 5.01 Å². The van der Waals surface area contributed by atoms with Crippen molar-refractivity contribution in [1.82, 2.24) is 15.3 Å². The summed E-state index contributed by atoms with van der Waals surface area (Å²) in [5.74, 6) is 0.729. The molecule has 0 aliphatic carbocycles. The number of nitrogens with one attached hydrogen (secondary N) is 1. The highest BCUT2D eigenvalue weighted by molar-refractivity contribution is 6.32. The van der Waals surface area contributed by atoms with E-state index in [-0.39, 0.29) is 6.03 Å². The van der Waals surface area contributed by atoms with E-state index < -0.39 is 0 Å². The number of rotatable bonds is 3. The fourth-order valence-electron chi connectivity index (χ4n) is 2.69. The summed E-state index contributed by atoms with van der Waals surface area (Å²) in [6, 6.07) is 8.91. The second-order valence-corrected chi connectivity index (χ2v) is 6.25. The molecule has 2 amide bonds. The molecule has 0 unspecified atom stereocenters. The van der Waals surface area contributed by atoms with Gasteiger partial charge >= 0.3 is 6.03 Å². The van der Waals surface area contributed by atoms with Crippen LogP contribution in [0, 0.1) is 0 Å². The van der Waals surface area contributed by atoms with E-state index in [1.807, 2.05) is 18.2 Å². The Morgan fingerprint density at radius 2 is 2.00 bits per heavy atom. The Hall–Kier alpha value is -2.31. The third kappa shape index (κ3) is 3.86. The van der Waals surface area contributed by atoms with Gasteiger partial charge in [0.05, 0.1) is 19.4 Å². The van der Waals surface area contributed by atoms with Gasteiger partial charge in [0.15, 0.2) is 0 Å². The monoisotopic (exact) mass is 378 g/mol. The first-order valence-electron chi connectivity index (χ1n) is 7.56. The van der Waals surface area contributed by atoms with Crippen LogP contribution >= 0.6 is 23.2 Å². The summed E-state index contributed by atoms with van der Waals surface area (Å²) in [4.78, 5) is 16.0. The fourth-order valence-corrected chi connectivity index (χ4v) is 3.20. The van der Waals surface area contributed by atoms with Gasteiger partial charge in [-0.15, -0.1) is 0 Å². The van der Waals surface area contributed by atoms with Gasteiger partial charge in [-0.2, -0.15) is 5.10 Å². The van der Waals surface area contributed by atoms with Crippen LogP contribution in [0.1, 0.15) is 16.7 Å². The van der Waals surface area contributed by atoms with Gasteiger partial charge in [-0.05, 0) is 41.5 Å². The summed E-state index contributed by atoms with van der Waals surface area (Å²) in [6.07, 6.45) is 0.467. The van der Waals surface area contributed by atoms with Gasteiger partial charge in [-0.1, -0.05) is 23.2 Å². The van der Waals surface area contributed by atoms with Crippen molar-refractivity contribution in [2.75, 3.05) is 14.2 Å². The SMILES string of the molecule is CNC(=O)N1Cc2cc(OC)ccc2C(Cc2cc(Cl)nc(Cl)c2)=N1. The Labute approximate surface area is 155 Å². The Kier molecular flexibility index (Phi) is 5.11. The van der Waals surface area contributed by atoms with Crippen molar-refractivity contribution in [1.29, 1.82) is 0 Å². The molecule has 2 heterocycles. The zero-order valence-corrected chi connectivity index (χ0v) is 15.2. The molecule has 0 radical (unpaired) electrons. The quantitative estimate of drug-likeness (QED) is 0.831. The number of nitrogens with zero attached hydrogens (tertiary/aromatic N) is 3. The number of urea groups is 1. The minimum Gasteiger partial charge on any atom is -0.497 e. The van der Waals surface area contributed by atoms with Crippen molar-refractivity contribution >= 4 is 34.9 Å². The zero-order valence-electron chi connectivity index (χ0n) is 13.7. The number of fused-ring (bicyclic) bond motifs is 1. The first-order chi connectivity index (χ1) is 12.0. The van der Waals surface area contributed by atoms with Crippen LogP contribution in [0.3, 0.4) is 0 Å². The molecule has 1 aliphatic rings. The molecule has 0 spiro atoms. The standard InChI is InChI=1S/C17H16Cl2N4O2/c1-20-17(24)23-9-11-8-12(25-2)3-4-13(11)14(22-23)5-10-6-15(18)21-16(19)7-10/h3-4,6-8H,5,9H2,1-2H3,(H,20,24). The third-order valence-corrected chi connectivity index (χ3v) is 4.21. The molecule has 1 N–H and O–H groups in total. The number of carbonyl (C=O) groups excluding carboxylic acids is 1. The first kappa shape index (κ1) is 17.5. The van der Waals surface area contributed by atoms with E-state index in [1.54, 1.807) is 26.3 Å². The minimum absolute atomic E-state index is 0.281. The number of methoxy groups -OCH3 is 1. The molecule has 25 heavy (non-hydrogen) atoms. The second kappa shape index (κ2) is 7.29. The van der Waals surface area contributed by atoms with Crippen molar-refractivity contribution in [3.63, 3.8) is 0 Å². The predicted octanol–water partition coefficient (Wildman–Crippen LogP) is 3.50. The number of hydrogen-bond acceptors (Lipinski definition) is 4. The van der Waals surface area contributed by atoms with Gasteiger partial charge in [-0.25, -0.2) is 14.8 Å². The molecule has 8 heteroatoms. The van der Waals surface area contributed by atoms with Crippen LogP contribution in [0.2, 0.25) is 10.3 Å². The zero-order chi connectivity index (χ0) is 18.0. The Morgan fingerprint density at radius 1 is 1.28 bits per heavy atom. The average Bonchev–Trinajstić information content (AvgIpc) is 2.59. The molecule has 0 saturated heterocycles. The average molecular weight is 379 g/mol. The lowest BCUT2D eigenvalue weighted by molar-refractivity contribution is 0.198. The number of carbonyl (C=O) groups is 1. The maximum Gasteiger partial charge on any atom is 0.337 e. The lowest BCUT2D eigenvalue weighted by Gasteiger charge is -2.26. The highest BCUT2D eigenvalue weighted by atomic mass is 35.5. The number of amides is 2. The lowest BCUT2D eigenvalue weighted by atomic mass is 9.96. The molecule has 1 aromatic carbocycles. The van der Waals surface area contributed by atoms with Crippen LogP contribution in [0.25, 0.3) is 0 Å². The largest absolute Gasteiger partial charge is 0.497 e. The summed E-state index contributed by atoms with van der Waals surface area (Å²) in [5.41, 5.74) is 3.53. The summed E-state index contributed by atoms with van der Waals surface area (Å²) >= 11 is 12.0. The van der Waals surface area contributed by atoms with Crippen molar-refractivity contribution in [3.05, 3.63) is 57.3 Å². The number of hydrazone groups is 1. The normalized spacial score (nSPS) is 13.1. The molecule has 0 bridgehead atoms. The summed E-state index contributed by atoms with van der Waals surface area (Å²) < 4.78 is 5.29. The van der Waals surface area contributed by atoms with Gasteiger partial charge < -0.3 is 10.1 Å². The van der Waals surface area contributed by atoms with Crippen LogP contribution in [-0.4, -0.2) is 35.9 Å². The Morgan fingerprint density at radius 3 is 2.64 bits per heavy atom. The van der Waals surface area contributed by atoms with Gasteiger partial charge in [-0.3, -0.25) is 0 Å². The minimum atomic E-state index is -0.281. The molecular formula is C17H16Cl2N4O2. The molecule has 0 saturated carbocycles. The molecule has 0 atom stereocenters. The number of hydrogen-bond donors (Lipinski definition) is 1. The molecule has 1 aliphatic heterocycles. The Balaban J connectivity index is 2.01. The van der Waals surface area contributed by atoms with Crippen LogP contribution in [0.15, 0.2) is 35.4 Å². The summed E-state index contributed by atoms with van der Waals surface area (Å²) in [6.45, 7) is 0.369. The van der Waals surface area contributed by atoms with Crippen molar-refractivity contribution in [3.8, 4) is 5.75 Å². The molecule has 3 rings (SSSR count).